The van der Waals surface area contributed by atoms with Gasteiger partial charge in [0, 0.05) is 0 Å². The summed E-state index contributed by atoms with van der Waals surface area (Å²) in [5, 5.41) is 4.01. The lowest BCUT2D eigenvalue weighted by atomic mass is 10.2. The summed E-state index contributed by atoms with van der Waals surface area (Å²) in [7, 11) is 0. The molecule has 1 aliphatic rings. The van der Waals surface area contributed by atoms with Gasteiger partial charge in [-0.15, -0.1) is 0 Å². The van der Waals surface area contributed by atoms with Gasteiger partial charge < -0.3 is 4.74 Å². The van der Waals surface area contributed by atoms with E-state index in [1.165, 1.54) is 0 Å². The van der Waals surface area contributed by atoms with Crippen LogP contribution in [0.5, 0.6) is 0 Å². The summed E-state index contributed by atoms with van der Waals surface area (Å²) in [5.41, 5.74) is 1.08. The smallest absolute Gasteiger partial charge is 0.312 e. The summed E-state index contributed by atoms with van der Waals surface area (Å²) < 4.78 is 5.03. The van der Waals surface area contributed by atoms with Crippen LogP contribution < -0.4 is 0 Å². The standard InChI is InChI=1S/C9H7BrO2S/c10-7-4-9(11)12-8(7)3-6-1-2-13-5-6/h1-3,5,7H,4H2/b8-3-. The Bertz CT molecular complexity index is 343. The molecule has 0 N–H and O–H groups in total. The Morgan fingerprint density at radius 1 is 1.69 bits per heavy atom. The van der Waals surface area contributed by atoms with Gasteiger partial charge in [-0.25, -0.2) is 0 Å². The van der Waals surface area contributed by atoms with Crippen LogP contribution in [-0.4, -0.2) is 10.8 Å². The minimum absolute atomic E-state index is 0.0416. The zero-order valence-electron chi connectivity index (χ0n) is 6.70. The molecule has 68 valence electrons. The average Bonchev–Trinajstić information content (AvgIpc) is 2.63. The molecule has 4 heteroatoms. The van der Waals surface area contributed by atoms with Crippen molar-refractivity contribution in [1.82, 2.24) is 0 Å². The van der Waals surface area contributed by atoms with Gasteiger partial charge in [-0.2, -0.15) is 11.3 Å². The van der Waals surface area contributed by atoms with E-state index in [1.54, 1.807) is 11.3 Å². The maximum Gasteiger partial charge on any atom is 0.312 e. The molecule has 0 aliphatic carbocycles. The molecule has 1 fully saturated rings. The number of esters is 1. The van der Waals surface area contributed by atoms with E-state index in [-0.39, 0.29) is 10.8 Å². The minimum Gasteiger partial charge on any atom is -0.430 e. The number of ether oxygens (including phenoxy) is 1. The van der Waals surface area contributed by atoms with Gasteiger partial charge in [-0.1, -0.05) is 15.9 Å². The fourth-order valence-electron chi connectivity index (χ4n) is 1.13. The van der Waals surface area contributed by atoms with Crippen LogP contribution in [0.2, 0.25) is 0 Å². The van der Waals surface area contributed by atoms with E-state index < -0.39 is 0 Å². The monoisotopic (exact) mass is 258 g/mol. The number of halogens is 1. The third-order valence-corrected chi connectivity index (χ3v) is 3.21. The van der Waals surface area contributed by atoms with Crippen LogP contribution >= 0.6 is 27.3 Å². The van der Waals surface area contributed by atoms with Crippen molar-refractivity contribution in [3.05, 3.63) is 28.1 Å². The number of cyclic esters (lactones) is 1. The van der Waals surface area contributed by atoms with Crippen molar-refractivity contribution < 1.29 is 9.53 Å². The second-order valence-electron chi connectivity index (χ2n) is 2.75. The van der Waals surface area contributed by atoms with E-state index in [0.29, 0.717) is 12.2 Å². The molecular weight excluding hydrogens is 252 g/mol. The van der Waals surface area contributed by atoms with Crippen molar-refractivity contribution in [2.24, 2.45) is 0 Å². The van der Waals surface area contributed by atoms with Crippen LogP contribution in [0, 0.1) is 0 Å². The van der Waals surface area contributed by atoms with Crippen molar-refractivity contribution in [2.45, 2.75) is 11.2 Å². The Kier molecular flexibility index (Phi) is 2.51. The van der Waals surface area contributed by atoms with Gasteiger partial charge >= 0.3 is 5.97 Å². The molecule has 0 spiro atoms. The lowest BCUT2D eigenvalue weighted by molar-refractivity contribution is -0.135. The maximum atomic E-state index is 10.9. The molecule has 13 heavy (non-hydrogen) atoms. The number of hydrogen-bond acceptors (Lipinski definition) is 3. The highest BCUT2D eigenvalue weighted by molar-refractivity contribution is 9.09. The number of carbonyl (C=O) groups excluding carboxylic acids is 1. The van der Waals surface area contributed by atoms with Crippen LogP contribution in [0.15, 0.2) is 22.6 Å². The Labute approximate surface area is 88.3 Å². The Morgan fingerprint density at radius 2 is 2.54 bits per heavy atom. The zero-order chi connectivity index (χ0) is 9.26. The second-order valence-corrected chi connectivity index (χ2v) is 4.63. The zero-order valence-corrected chi connectivity index (χ0v) is 9.10. The summed E-state index contributed by atoms with van der Waals surface area (Å²) in [6, 6.07) is 1.99. The number of hydrogen-bond donors (Lipinski definition) is 0. The first-order valence-corrected chi connectivity index (χ1v) is 5.70. The molecule has 2 nitrogen and oxygen atoms in total. The quantitative estimate of drug-likeness (QED) is 0.572. The molecule has 1 saturated heterocycles. The predicted molar refractivity (Wildman–Crippen MR) is 55.7 cm³/mol. The molecule has 0 amide bonds. The first-order chi connectivity index (χ1) is 6.25. The summed E-state index contributed by atoms with van der Waals surface area (Å²) in [6.45, 7) is 0. The van der Waals surface area contributed by atoms with Crippen molar-refractivity contribution in [3.8, 4) is 0 Å². The van der Waals surface area contributed by atoms with Crippen LogP contribution in [0.25, 0.3) is 6.08 Å². The average molecular weight is 259 g/mol. The molecule has 1 atom stereocenters. The van der Waals surface area contributed by atoms with E-state index in [4.69, 9.17) is 4.74 Å². The highest BCUT2D eigenvalue weighted by Crippen LogP contribution is 2.27. The largest absolute Gasteiger partial charge is 0.430 e. The summed E-state index contributed by atoms with van der Waals surface area (Å²) in [4.78, 5) is 10.9. The first kappa shape index (κ1) is 8.97. The van der Waals surface area contributed by atoms with Gasteiger partial charge in [0.15, 0.2) is 0 Å². The number of thiophene rings is 1. The van der Waals surface area contributed by atoms with Crippen LogP contribution in [0.1, 0.15) is 12.0 Å². The van der Waals surface area contributed by atoms with E-state index in [1.807, 2.05) is 22.9 Å². The SMILES string of the molecule is O=C1CC(Br)/C(=C/c2ccsc2)O1. The van der Waals surface area contributed by atoms with Crippen molar-refractivity contribution in [1.29, 1.82) is 0 Å². The lowest BCUT2D eigenvalue weighted by Gasteiger charge is -1.98. The van der Waals surface area contributed by atoms with Gasteiger partial charge in [-0.3, -0.25) is 4.79 Å². The molecule has 0 aromatic carbocycles. The molecule has 2 heterocycles. The fourth-order valence-corrected chi connectivity index (χ4v) is 2.23. The van der Waals surface area contributed by atoms with Crippen molar-refractivity contribution in [3.63, 3.8) is 0 Å². The lowest BCUT2D eigenvalue weighted by Crippen LogP contribution is -1.91. The van der Waals surface area contributed by atoms with Gasteiger partial charge in [0.1, 0.15) is 5.76 Å². The molecule has 1 unspecified atom stereocenters. The fraction of sp³-hybridized carbons (Fsp3) is 0.222. The van der Waals surface area contributed by atoms with Gasteiger partial charge in [0.2, 0.25) is 0 Å². The van der Waals surface area contributed by atoms with Crippen molar-refractivity contribution >= 4 is 39.3 Å². The predicted octanol–water partition coefficient (Wildman–Crippen LogP) is 2.80. The molecule has 0 radical (unpaired) electrons. The van der Waals surface area contributed by atoms with E-state index in [0.717, 1.165) is 5.56 Å². The Morgan fingerprint density at radius 3 is 3.08 bits per heavy atom. The number of rotatable bonds is 1. The maximum absolute atomic E-state index is 10.9. The first-order valence-electron chi connectivity index (χ1n) is 3.84. The summed E-state index contributed by atoms with van der Waals surface area (Å²) >= 11 is 5.00. The highest BCUT2D eigenvalue weighted by atomic mass is 79.9. The van der Waals surface area contributed by atoms with Crippen LogP contribution in [0.4, 0.5) is 0 Å². The number of alkyl halides is 1. The molecule has 1 aromatic rings. The molecule has 1 aromatic heterocycles. The van der Waals surface area contributed by atoms with Crippen LogP contribution in [0.3, 0.4) is 0 Å². The Balaban J connectivity index is 2.21. The van der Waals surface area contributed by atoms with Crippen molar-refractivity contribution in [2.75, 3.05) is 0 Å². The Hall–Kier alpha value is -0.610. The summed E-state index contributed by atoms with van der Waals surface area (Å²) in [5.74, 6) is 0.548. The second kappa shape index (κ2) is 3.64. The minimum atomic E-state index is -0.164. The highest BCUT2D eigenvalue weighted by Gasteiger charge is 2.27. The third kappa shape index (κ3) is 2.00. The normalized spacial score (nSPS) is 25.2. The molecular formula is C9H7BrO2S. The third-order valence-electron chi connectivity index (χ3n) is 1.74. The molecule has 0 saturated carbocycles. The van der Waals surface area contributed by atoms with Gasteiger partial charge in [0.25, 0.3) is 0 Å². The van der Waals surface area contributed by atoms with Gasteiger partial charge in [0.05, 0.1) is 11.2 Å². The number of allylic oxidation sites excluding steroid dienone is 1. The van der Waals surface area contributed by atoms with Gasteiger partial charge in [-0.05, 0) is 28.5 Å². The van der Waals surface area contributed by atoms with E-state index >= 15 is 0 Å². The molecule has 0 bridgehead atoms. The molecule has 2 rings (SSSR count). The summed E-state index contributed by atoms with van der Waals surface area (Å²) in [6.07, 6.45) is 2.32. The van der Waals surface area contributed by atoms with E-state index in [9.17, 15) is 4.79 Å². The number of carbonyl (C=O) groups is 1. The van der Waals surface area contributed by atoms with Crippen LogP contribution in [-0.2, 0) is 9.53 Å². The van der Waals surface area contributed by atoms with E-state index in [2.05, 4.69) is 15.9 Å². The molecule has 1 aliphatic heterocycles. The topological polar surface area (TPSA) is 26.3 Å².